The first kappa shape index (κ1) is 12.0. The summed E-state index contributed by atoms with van der Waals surface area (Å²) in [5.74, 6) is 0. The van der Waals surface area contributed by atoms with Crippen LogP contribution in [0.5, 0.6) is 0 Å². The van der Waals surface area contributed by atoms with E-state index in [2.05, 4.69) is 6.92 Å². The smallest absolute Gasteiger partial charge is 0.00773 e. The Kier molecular flexibility index (Phi) is 10.9. The van der Waals surface area contributed by atoms with Crippen molar-refractivity contribution in [3.63, 3.8) is 0 Å². The van der Waals surface area contributed by atoms with E-state index in [1.807, 2.05) is 0 Å². The maximum absolute atomic E-state index is 5.41. The molecule has 1 heteroatoms. The van der Waals surface area contributed by atoms with Crippen LogP contribution in [0.1, 0.15) is 64.7 Å². The number of hydrogen-bond donors (Lipinski definition) is 1. The molecular weight excluding hydrogens is 146 g/mol. The first-order valence-electron chi connectivity index (χ1n) is 5.62. The van der Waals surface area contributed by atoms with Gasteiger partial charge in [-0.05, 0) is 13.0 Å². The number of rotatable bonds is 9. The zero-order valence-electron chi connectivity index (χ0n) is 8.65. The molecule has 0 aromatic heterocycles. The van der Waals surface area contributed by atoms with E-state index >= 15 is 0 Å². The van der Waals surface area contributed by atoms with Crippen LogP contribution in [0.4, 0.5) is 0 Å². The topological polar surface area (TPSA) is 26.0 Å². The van der Waals surface area contributed by atoms with Crippen LogP contribution in [-0.4, -0.2) is 6.54 Å². The third-order valence-electron chi connectivity index (χ3n) is 2.31. The zero-order valence-corrected chi connectivity index (χ0v) is 8.65. The van der Waals surface area contributed by atoms with Crippen LogP contribution in [0.15, 0.2) is 0 Å². The highest BCUT2D eigenvalue weighted by Crippen LogP contribution is 2.08. The monoisotopic (exact) mass is 171 g/mol. The third kappa shape index (κ3) is 9.96. The summed E-state index contributed by atoms with van der Waals surface area (Å²) >= 11 is 0. The fraction of sp³-hybridized carbons (Fsp3) is 1.00. The molecule has 0 heterocycles. The van der Waals surface area contributed by atoms with Crippen molar-refractivity contribution >= 4 is 0 Å². The molecule has 0 aliphatic carbocycles. The van der Waals surface area contributed by atoms with Gasteiger partial charge in [0.25, 0.3) is 0 Å². The van der Waals surface area contributed by atoms with Crippen molar-refractivity contribution in [2.45, 2.75) is 64.7 Å². The molecule has 74 valence electrons. The summed E-state index contributed by atoms with van der Waals surface area (Å²) in [6.07, 6.45) is 12.5. The van der Waals surface area contributed by atoms with E-state index in [-0.39, 0.29) is 0 Å². The largest absolute Gasteiger partial charge is 0.330 e. The lowest BCUT2D eigenvalue weighted by atomic mass is 10.1. The molecule has 0 aliphatic heterocycles. The van der Waals surface area contributed by atoms with Crippen molar-refractivity contribution in [2.75, 3.05) is 6.54 Å². The van der Waals surface area contributed by atoms with Gasteiger partial charge in [0, 0.05) is 0 Å². The Balaban J connectivity index is 2.73. The maximum atomic E-state index is 5.41. The summed E-state index contributed by atoms with van der Waals surface area (Å²) in [5, 5.41) is 0. The van der Waals surface area contributed by atoms with E-state index in [9.17, 15) is 0 Å². The standard InChI is InChI=1S/C11H25N/c1-2-3-4-5-6-7-8-9-10-11-12/h2-12H2,1H3. The van der Waals surface area contributed by atoms with Gasteiger partial charge in [-0.25, -0.2) is 0 Å². The van der Waals surface area contributed by atoms with Gasteiger partial charge in [-0.2, -0.15) is 0 Å². The molecule has 0 amide bonds. The van der Waals surface area contributed by atoms with Crippen molar-refractivity contribution in [3.8, 4) is 0 Å². The van der Waals surface area contributed by atoms with Crippen LogP contribution in [0.25, 0.3) is 0 Å². The number of nitrogens with two attached hydrogens (primary N) is 1. The fourth-order valence-electron chi connectivity index (χ4n) is 1.45. The predicted octanol–water partition coefficient (Wildman–Crippen LogP) is 3.48. The highest BCUT2D eigenvalue weighted by Gasteiger charge is 1.90. The molecule has 0 aromatic carbocycles. The predicted molar refractivity (Wildman–Crippen MR) is 56.3 cm³/mol. The lowest BCUT2D eigenvalue weighted by Gasteiger charge is -1.99. The first-order chi connectivity index (χ1) is 5.91. The second-order valence-corrected chi connectivity index (χ2v) is 3.62. The van der Waals surface area contributed by atoms with Crippen LogP contribution in [0.3, 0.4) is 0 Å². The Morgan fingerprint density at radius 1 is 0.667 bits per heavy atom. The molecule has 0 saturated carbocycles. The van der Waals surface area contributed by atoms with Crippen LogP contribution >= 0.6 is 0 Å². The first-order valence-corrected chi connectivity index (χ1v) is 5.62. The summed E-state index contributed by atoms with van der Waals surface area (Å²) in [6.45, 7) is 3.14. The molecule has 0 bridgehead atoms. The van der Waals surface area contributed by atoms with E-state index in [1.165, 1.54) is 57.8 Å². The van der Waals surface area contributed by atoms with Crippen molar-refractivity contribution in [2.24, 2.45) is 5.73 Å². The molecule has 0 rings (SSSR count). The quantitative estimate of drug-likeness (QED) is 0.528. The number of hydrogen-bond acceptors (Lipinski definition) is 1. The van der Waals surface area contributed by atoms with Gasteiger partial charge >= 0.3 is 0 Å². The highest BCUT2D eigenvalue weighted by atomic mass is 14.5. The van der Waals surface area contributed by atoms with Gasteiger partial charge in [-0.1, -0.05) is 58.3 Å². The van der Waals surface area contributed by atoms with Crippen molar-refractivity contribution in [1.29, 1.82) is 0 Å². The summed E-state index contributed by atoms with van der Waals surface area (Å²) in [7, 11) is 0. The second-order valence-electron chi connectivity index (χ2n) is 3.62. The molecule has 12 heavy (non-hydrogen) atoms. The lowest BCUT2D eigenvalue weighted by molar-refractivity contribution is 0.567. The minimum atomic E-state index is 0.871. The lowest BCUT2D eigenvalue weighted by Crippen LogP contribution is -1.97. The summed E-state index contributed by atoms with van der Waals surface area (Å²) in [6, 6.07) is 0. The Morgan fingerprint density at radius 2 is 1.08 bits per heavy atom. The summed E-state index contributed by atoms with van der Waals surface area (Å²) in [5.41, 5.74) is 5.41. The Morgan fingerprint density at radius 3 is 1.50 bits per heavy atom. The molecule has 0 fully saturated rings. The summed E-state index contributed by atoms with van der Waals surface area (Å²) < 4.78 is 0. The fourth-order valence-corrected chi connectivity index (χ4v) is 1.45. The molecule has 0 atom stereocenters. The van der Waals surface area contributed by atoms with E-state index in [4.69, 9.17) is 5.73 Å². The van der Waals surface area contributed by atoms with Gasteiger partial charge in [0.05, 0.1) is 0 Å². The van der Waals surface area contributed by atoms with E-state index in [1.54, 1.807) is 0 Å². The SMILES string of the molecule is CCCCCCCCCCCN. The van der Waals surface area contributed by atoms with Gasteiger partial charge in [-0.15, -0.1) is 0 Å². The molecule has 0 unspecified atom stereocenters. The average molecular weight is 171 g/mol. The molecule has 0 radical (unpaired) electrons. The van der Waals surface area contributed by atoms with Gasteiger partial charge in [0.1, 0.15) is 0 Å². The summed E-state index contributed by atoms with van der Waals surface area (Å²) in [4.78, 5) is 0. The normalized spacial score (nSPS) is 10.5. The molecule has 2 N–H and O–H groups in total. The van der Waals surface area contributed by atoms with Gasteiger partial charge in [-0.3, -0.25) is 0 Å². The van der Waals surface area contributed by atoms with Crippen molar-refractivity contribution < 1.29 is 0 Å². The van der Waals surface area contributed by atoms with Crippen molar-refractivity contribution in [1.82, 2.24) is 0 Å². The molecule has 0 aliphatic rings. The second kappa shape index (κ2) is 11.0. The molecule has 0 spiro atoms. The zero-order chi connectivity index (χ0) is 9.07. The molecule has 0 saturated heterocycles. The maximum Gasteiger partial charge on any atom is -0.00773 e. The van der Waals surface area contributed by atoms with Crippen LogP contribution in [0, 0.1) is 0 Å². The Hall–Kier alpha value is -0.0400. The van der Waals surface area contributed by atoms with Gasteiger partial charge < -0.3 is 5.73 Å². The molecule has 0 aromatic rings. The van der Waals surface area contributed by atoms with E-state index in [0.29, 0.717) is 0 Å². The minimum Gasteiger partial charge on any atom is -0.330 e. The minimum absolute atomic E-state index is 0.871. The average Bonchev–Trinajstić information content (AvgIpc) is 2.10. The van der Waals surface area contributed by atoms with Gasteiger partial charge in [0.2, 0.25) is 0 Å². The van der Waals surface area contributed by atoms with Gasteiger partial charge in [0.15, 0.2) is 0 Å². The highest BCUT2D eigenvalue weighted by molar-refractivity contribution is 4.46. The Bertz CT molecular complexity index is 61.4. The molecular formula is C11H25N. The van der Waals surface area contributed by atoms with E-state index < -0.39 is 0 Å². The van der Waals surface area contributed by atoms with Crippen LogP contribution in [0.2, 0.25) is 0 Å². The van der Waals surface area contributed by atoms with Crippen molar-refractivity contribution in [3.05, 3.63) is 0 Å². The van der Waals surface area contributed by atoms with Crippen LogP contribution in [-0.2, 0) is 0 Å². The van der Waals surface area contributed by atoms with Crippen LogP contribution < -0.4 is 5.73 Å². The Labute approximate surface area is 77.7 Å². The number of unbranched alkanes of at least 4 members (excludes halogenated alkanes) is 8. The van der Waals surface area contributed by atoms with E-state index in [0.717, 1.165) is 6.54 Å². The molecule has 1 nitrogen and oxygen atoms in total. The third-order valence-corrected chi connectivity index (χ3v) is 2.31.